The number of nitrogens with zero attached hydrogens (tertiary/aromatic N) is 4. The van der Waals surface area contributed by atoms with Crippen molar-refractivity contribution in [2.45, 2.75) is 33.7 Å². The number of rotatable bonds is 5. The van der Waals surface area contributed by atoms with E-state index in [1.165, 1.54) is 4.90 Å². The van der Waals surface area contributed by atoms with E-state index in [0.29, 0.717) is 18.8 Å². The lowest BCUT2D eigenvalue weighted by molar-refractivity contribution is -0.149. The number of carbonyl (C=O) groups is 3. The Labute approximate surface area is 146 Å². The zero-order chi connectivity index (χ0) is 18.4. The number of likely N-dealkylation sites (tertiary alicyclic amines) is 2. The van der Waals surface area contributed by atoms with E-state index >= 15 is 0 Å². The second-order valence-corrected chi connectivity index (χ2v) is 6.95. The Balaban J connectivity index is 1.88. The highest BCUT2D eigenvalue weighted by Gasteiger charge is 2.62. The summed E-state index contributed by atoms with van der Waals surface area (Å²) in [4.78, 5) is 40.6. The third kappa shape index (κ3) is 2.60. The molecule has 136 valence electrons. The predicted molar refractivity (Wildman–Crippen MR) is 89.0 cm³/mol. The molecule has 0 aromatic carbocycles. The maximum Gasteiger partial charge on any atom is 0.314 e. The van der Waals surface area contributed by atoms with Crippen molar-refractivity contribution in [3.05, 3.63) is 17.5 Å². The summed E-state index contributed by atoms with van der Waals surface area (Å²) in [7, 11) is 0. The van der Waals surface area contributed by atoms with Crippen LogP contribution in [0, 0.1) is 18.3 Å². The van der Waals surface area contributed by atoms with Crippen LogP contribution in [0.2, 0.25) is 0 Å². The summed E-state index contributed by atoms with van der Waals surface area (Å²) in [6.07, 6.45) is 0.783. The largest absolute Gasteiger partial charge is 0.481 e. The number of carboxylic acids is 1. The van der Waals surface area contributed by atoms with Gasteiger partial charge in [-0.25, -0.2) is 0 Å². The van der Waals surface area contributed by atoms with Crippen LogP contribution in [0.3, 0.4) is 0 Å². The molecule has 0 bridgehead atoms. The minimum absolute atomic E-state index is 0.0612. The van der Waals surface area contributed by atoms with E-state index < -0.39 is 17.3 Å². The first-order valence-corrected chi connectivity index (χ1v) is 8.70. The molecule has 1 aromatic rings. The molecule has 3 heterocycles. The summed E-state index contributed by atoms with van der Waals surface area (Å²) in [5.41, 5.74) is -0.0188. The van der Waals surface area contributed by atoms with Crippen LogP contribution in [0.15, 0.2) is 6.07 Å². The highest BCUT2D eigenvalue weighted by atomic mass is 16.4. The van der Waals surface area contributed by atoms with E-state index in [-0.39, 0.29) is 31.4 Å². The zero-order valence-electron chi connectivity index (χ0n) is 14.9. The van der Waals surface area contributed by atoms with Crippen molar-refractivity contribution < 1.29 is 19.5 Å². The molecule has 3 rings (SSSR count). The lowest BCUT2D eigenvalue weighted by Gasteiger charge is -2.25. The molecule has 2 atom stereocenters. The Bertz CT molecular complexity index is 728. The van der Waals surface area contributed by atoms with E-state index in [9.17, 15) is 19.5 Å². The van der Waals surface area contributed by atoms with E-state index in [2.05, 4.69) is 5.10 Å². The van der Waals surface area contributed by atoms with Gasteiger partial charge >= 0.3 is 5.97 Å². The molecule has 0 saturated carbocycles. The minimum Gasteiger partial charge on any atom is -0.481 e. The van der Waals surface area contributed by atoms with Crippen LogP contribution < -0.4 is 0 Å². The van der Waals surface area contributed by atoms with Crippen molar-refractivity contribution in [1.82, 2.24) is 19.6 Å². The van der Waals surface area contributed by atoms with Crippen LogP contribution >= 0.6 is 0 Å². The molecule has 2 saturated heterocycles. The van der Waals surface area contributed by atoms with Crippen molar-refractivity contribution in [3.8, 4) is 0 Å². The van der Waals surface area contributed by atoms with Gasteiger partial charge in [-0.15, -0.1) is 0 Å². The molecule has 2 aliphatic rings. The molecule has 0 unspecified atom stereocenters. The first-order valence-electron chi connectivity index (χ1n) is 8.70. The number of aryl methyl sites for hydroxylation is 2. The Hall–Kier alpha value is -2.38. The van der Waals surface area contributed by atoms with Gasteiger partial charge in [0, 0.05) is 32.7 Å². The van der Waals surface area contributed by atoms with Crippen LogP contribution in [-0.4, -0.2) is 68.6 Å². The monoisotopic (exact) mass is 348 g/mol. The lowest BCUT2D eigenvalue weighted by Crippen LogP contribution is -2.42. The number of hydrogen-bond acceptors (Lipinski definition) is 4. The van der Waals surface area contributed by atoms with Crippen LogP contribution in [0.25, 0.3) is 0 Å². The number of fused-ring (bicyclic) bond motifs is 1. The number of aromatic nitrogens is 2. The third-order valence-electron chi connectivity index (χ3n) is 5.25. The number of carbonyl (C=O) groups excluding carboxylic acids is 2. The quantitative estimate of drug-likeness (QED) is 0.841. The van der Waals surface area contributed by atoms with E-state index in [1.807, 2.05) is 20.8 Å². The number of carboxylic acid groups (broad SMARTS) is 1. The van der Waals surface area contributed by atoms with Gasteiger partial charge in [0.25, 0.3) is 5.91 Å². The second-order valence-electron chi connectivity index (χ2n) is 6.95. The second kappa shape index (κ2) is 6.16. The fourth-order valence-corrected chi connectivity index (χ4v) is 4.04. The van der Waals surface area contributed by atoms with Crippen LogP contribution in [0.5, 0.6) is 0 Å². The molecule has 1 N–H and O–H groups in total. The van der Waals surface area contributed by atoms with Gasteiger partial charge in [0.1, 0.15) is 11.1 Å². The standard InChI is InChI=1S/C17H24N4O4/c1-4-6-19-9-17(16(24)25)10-20(8-12(17)14(19)22)15(23)13-7-11(3)18-21(13)5-2/h7,12H,4-6,8-10H2,1-3H3,(H,24,25)/t12-,17+/m0/s1. The number of hydrogen-bond donors (Lipinski definition) is 1. The molecule has 8 nitrogen and oxygen atoms in total. The summed E-state index contributed by atoms with van der Waals surface area (Å²) in [6, 6.07) is 1.71. The summed E-state index contributed by atoms with van der Waals surface area (Å²) < 4.78 is 1.62. The topological polar surface area (TPSA) is 95.7 Å². The van der Waals surface area contributed by atoms with Crippen molar-refractivity contribution in [1.29, 1.82) is 0 Å². The summed E-state index contributed by atoms with van der Waals surface area (Å²) in [5, 5.41) is 14.1. The average molecular weight is 348 g/mol. The fourth-order valence-electron chi connectivity index (χ4n) is 4.04. The zero-order valence-corrected chi connectivity index (χ0v) is 14.9. The molecular weight excluding hydrogens is 324 g/mol. The first kappa shape index (κ1) is 17.4. The van der Waals surface area contributed by atoms with Crippen molar-refractivity contribution in [2.24, 2.45) is 11.3 Å². The number of amides is 2. The third-order valence-corrected chi connectivity index (χ3v) is 5.25. The Morgan fingerprint density at radius 1 is 1.36 bits per heavy atom. The molecule has 8 heteroatoms. The van der Waals surface area contributed by atoms with Gasteiger partial charge in [-0.3, -0.25) is 19.1 Å². The molecule has 0 radical (unpaired) electrons. The highest BCUT2D eigenvalue weighted by Crippen LogP contribution is 2.44. The van der Waals surface area contributed by atoms with Crippen molar-refractivity contribution in [3.63, 3.8) is 0 Å². The predicted octanol–water partition coefficient (Wildman–Crippen LogP) is 0.607. The SMILES string of the molecule is CCCN1C[C@@]2(C(=O)O)CN(C(=O)c3cc(C)nn3CC)C[C@H]2C1=O. The molecule has 0 spiro atoms. The molecule has 2 fully saturated rings. The Morgan fingerprint density at radius 3 is 2.64 bits per heavy atom. The van der Waals surface area contributed by atoms with Crippen LogP contribution in [0.1, 0.15) is 36.5 Å². The Kier molecular flexibility index (Phi) is 4.30. The van der Waals surface area contributed by atoms with Gasteiger partial charge < -0.3 is 14.9 Å². The van der Waals surface area contributed by atoms with Gasteiger partial charge in [0.05, 0.1) is 11.6 Å². The summed E-state index contributed by atoms with van der Waals surface area (Å²) in [5.74, 6) is -2.08. The van der Waals surface area contributed by atoms with Crippen molar-refractivity contribution in [2.75, 3.05) is 26.2 Å². The number of aliphatic carboxylic acids is 1. The molecule has 2 amide bonds. The van der Waals surface area contributed by atoms with E-state index in [0.717, 1.165) is 12.1 Å². The smallest absolute Gasteiger partial charge is 0.314 e. The molecule has 2 aliphatic heterocycles. The minimum atomic E-state index is -1.20. The maximum absolute atomic E-state index is 12.9. The highest BCUT2D eigenvalue weighted by molar-refractivity contribution is 5.97. The van der Waals surface area contributed by atoms with Gasteiger partial charge in [-0.05, 0) is 26.3 Å². The molecular formula is C17H24N4O4. The van der Waals surface area contributed by atoms with Gasteiger partial charge in [0.15, 0.2) is 0 Å². The maximum atomic E-state index is 12.9. The molecule has 25 heavy (non-hydrogen) atoms. The van der Waals surface area contributed by atoms with Crippen molar-refractivity contribution >= 4 is 17.8 Å². The van der Waals surface area contributed by atoms with Gasteiger partial charge in [0.2, 0.25) is 5.91 Å². The van der Waals surface area contributed by atoms with Crippen LogP contribution in [-0.2, 0) is 16.1 Å². The Morgan fingerprint density at radius 2 is 2.08 bits per heavy atom. The molecule has 1 aromatic heterocycles. The van der Waals surface area contributed by atoms with E-state index in [4.69, 9.17) is 0 Å². The van der Waals surface area contributed by atoms with Gasteiger partial charge in [-0.1, -0.05) is 6.92 Å². The molecule has 0 aliphatic carbocycles. The first-order chi connectivity index (χ1) is 11.8. The lowest BCUT2D eigenvalue weighted by atomic mass is 9.81. The van der Waals surface area contributed by atoms with Gasteiger partial charge in [-0.2, -0.15) is 5.10 Å². The summed E-state index contributed by atoms with van der Waals surface area (Å²) >= 11 is 0. The fraction of sp³-hybridized carbons (Fsp3) is 0.647. The normalized spacial score (nSPS) is 25.6. The van der Waals surface area contributed by atoms with E-state index in [1.54, 1.807) is 15.6 Å². The average Bonchev–Trinajstić information content (AvgIpc) is 3.20. The summed E-state index contributed by atoms with van der Waals surface area (Å²) in [6.45, 7) is 7.16. The van der Waals surface area contributed by atoms with Crippen LogP contribution in [0.4, 0.5) is 0 Å².